The third-order valence-corrected chi connectivity index (χ3v) is 8.81. The van der Waals surface area contributed by atoms with E-state index in [9.17, 15) is 14.0 Å². The topological polar surface area (TPSA) is 147 Å². The molecule has 0 saturated carbocycles. The SMILES string of the molecule is CO[C@H](COP(=O)(O)CP(=O)(O)O)CC(C)c1cnc2c(N3CCCC3)cc(Cl)nn12. The van der Waals surface area contributed by atoms with Crippen LogP contribution in [0.4, 0.5) is 5.69 Å². The van der Waals surface area contributed by atoms with E-state index in [1.54, 1.807) is 10.7 Å². The number of aromatic nitrogens is 3. The van der Waals surface area contributed by atoms with Gasteiger partial charge in [0.25, 0.3) is 0 Å². The highest BCUT2D eigenvalue weighted by atomic mass is 35.5. The highest BCUT2D eigenvalue weighted by Crippen LogP contribution is 2.55. The van der Waals surface area contributed by atoms with Crippen LogP contribution in [0.5, 0.6) is 0 Å². The third kappa shape index (κ3) is 6.49. The second kappa shape index (κ2) is 9.85. The van der Waals surface area contributed by atoms with Crippen molar-refractivity contribution in [2.75, 3.05) is 37.6 Å². The molecule has 31 heavy (non-hydrogen) atoms. The lowest BCUT2D eigenvalue weighted by Crippen LogP contribution is -2.21. The fourth-order valence-electron chi connectivity index (χ4n) is 3.69. The molecule has 2 unspecified atom stereocenters. The Kier molecular flexibility index (Phi) is 7.82. The predicted molar refractivity (Wildman–Crippen MR) is 116 cm³/mol. The number of anilines is 1. The number of imidazole rings is 1. The number of halogens is 1. The molecule has 2 aromatic heterocycles. The van der Waals surface area contributed by atoms with Crippen LogP contribution >= 0.6 is 26.8 Å². The minimum absolute atomic E-state index is 0.124. The normalized spacial score (nSPS) is 19.0. The molecular weight excluding hydrogens is 470 g/mol. The smallest absolute Gasteiger partial charge is 0.340 e. The third-order valence-electron chi connectivity index (χ3n) is 5.17. The van der Waals surface area contributed by atoms with Gasteiger partial charge in [-0.05, 0) is 19.3 Å². The Morgan fingerprint density at radius 2 is 1.94 bits per heavy atom. The summed E-state index contributed by atoms with van der Waals surface area (Å²) in [6, 6.07) is 1.81. The standard InChI is InChI=1S/C17H27ClN4O7P2/c1-12(7-13(28-2)10-29-31(26,27)11-30(23,24)25)15-9-19-17-14(21-5-3-4-6-21)8-16(18)20-22(15)17/h8-9,12-13H,3-7,10-11H2,1-2H3,(H,26,27)(H2,23,24,25)/t12?,13-/m0/s1. The summed E-state index contributed by atoms with van der Waals surface area (Å²) in [6.45, 7) is 3.51. The summed E-state index contributed by atoms with van der Waals surface area (Å²) in [6.07, 6.45) is 3.76. The number of rotatable bonds is 10. The van der Waals surface area contributed by atoms with Crippen LogP contribution in [-0.4, -0.2) is 68.1 Å². The van der Waals surface area contributed by atoms with Gasteiger partial charge in [-0.3, -0.25) is 9.13 Å². The molecule has 0 aromatic carbocycles. The van der Waals surface area contributed by atoms with E-state index in [4.69, 9.17) is 30.6 Å². The molecule has 1 aliphatic heterocycles. The molecule has 3 rings (SSSR count). The Labute approximate surface area is 185 Å². The van der Waals surface area contributed by atoms with Gasteiger partial charge in [0, 0.05) is 32.2 Å². The number of fused-ring (bicyclic) bond motifs is 1. The van der Waals surface area contributed by atoms with Gasteiger partial charge in [-0.2, -0.15) is 5.10 Å². The Balaban J connectivity index is 1.74. The lowest BCUT2D eigenvalue weighted by molar-refractivity contribution is 0.0440. The molecular formula is C17H27ClN4O7P2. The van der Waals surface area contributed by atoms with E-state index < -0.39 is 27.2 Å². The molecule has 0 bridgehead atoms. The molecule has 3 atom stereocenters. The van der Waals surface area contributed by atoms with Gasteiger partial charge in [-0.15, -0.1) is 0 Å². The van der Waals surface area contributed by atoms with Crippen molar-refractivity contribution >= 4 is 38.1 Å². The molecule has 0 radical (unpaired) electrons. The van der Waals surface area contributed by atoms with Gasteiger partial charge < -0.3 is 28.8 Å². The number of nitrogens with zero attached hydrogens (tertiary/aromatic N) is 4. The summed E-state index contributed by atoms with van der Waals surface area (Å²) >= 11 is 6.27. The Hall–Kier alpha value is -1.03. The summed E-state index contributed by atoms with van der Waals surface area (Å²) in [7, 11) is -7.70. The zero-order chi connectivity index (χ0) is 22.8. The van der Waals surface area contributed by atoms with Crippen LogP contribution in [0.1, 0.15) is 37.8 Å². The summed E-state index contributed by atoms with van der Waals surface area (Å²) in [5.74, 6) is -1.36. The molecule has 3 N–H and O–H groups in total. The maximum atomic E-state index is 11.9. The molecule has 1 saturated heterocycles. The van der Waals surface area contributed by atoms with Crippen LogP contribution in [-0.2, 0) is 18.4 Å². The molecule has 174 valence electrons. The van der Waals surface area contributed by atoms with E-state index >= 15 is 0 Å². The van der Waals surface area contributed by atoms with Gasteiger partial charge in [-0.1, -0.05) is 18.5 Å². The largest absolute Gasteiger partial charge is 0.379 e. The average molecular weight is 497 g/mol. The summed E-state index contributed by atoms with van der Waals surface area (Å²) in [5.41, 5.74) is 2.43. The highest BCUT2D eigenvalue weighted by molar-refractivity contribution is 7.70. The molecule has 0 spiro atoms. The summed E-state index contributed by atoms with van der Waals surface area (Å²) < 4.78 is 34.8. The van der Waals surface area contributed by atoms with E-state index in [2.05, 4.69) is 15.0 Å². The summed E-state index contributed by atoms with van der Waals surface area (Å²) in [4.78, 5) is 34.2. The summed E-state index contributed by atoms with van der Waals surface area (Å²) in [5, 5.41) is 4.75. The van der Waals surface area contributed by atoms with Crippen molar-refractivity contribution in [3.63, 3.8) is 0 Å². The van der Waals surface area contributed by atoms with Crippen LogP contribution in [0.15, 0.2) is 12.3 Å². The van der Waals surface area contributed by atoms with Crippen molar-refractivity contribution in [2.24, 2.45) is 0 Å². The second-order valence-corrected chi connectivity index (χ2v) is 12.1. The van der Waals surface area contributed by atoms with Crippen LogP contribution in [0.2, 0.25) is 5.15 Å². The van der Waals surface area contributed by atoms with Crippen LogP contribution in [0.25, 0.3) is 5.65 Å². The minimum Gasteiger partial charge on any atom is -0.379 e. The van der Waals surface area contributed by atoms with Gasteiger partial charge in [0.15, 0.2) is 16.7 Å². The molecule has 0 aliphatic carbocycles. The highest BCUT2D eigenvalue weighted by Gasteiger charge is 2.32. The van der Waals surface area contributed by atoms with Crippen molar-refractivity contribution in [2.45, 2.75) is 38.2 Å². The monoisotopic (exact) mass is 496 g/mol. The van der Waals surface area contributed by atoms with Crippen molar-refractivity contribution in [1.29, 1.82) is 0 Å². The first-order chi connectivity index (χ1) is 14.5. The molecule has 1 aliphatic rings. The quantitative estimate of drug-likeness (QED) is 0.419. The fourth-order valence-corrected chi connectivity index (χ4v) is 6.46. The van der Waals surface area contributed by atoms with Crippen molar-refractivity contribution < 1.29 is 33.1 Å². The van der Waals surface area contributed by atoms with E-state index in [0.717, 1.165) is 37.3 Å². The molecule has 14 heteroatoms. The predicted octanol–water partition coefficient (Wildman–Crippen LogP) is 2.83. The van der Waals surface area contributed by atoms with Gasteiger partial charge in [0.1, 0.15) is 0 Å². The lowest BCUT2D eigenvalue weighted by Gasteiger charge is -2.22. The Morgan fingerprint density at radius 3 is 2.55 bits per heavy atom. The van der Waals surface area contributed by atoms with Gasteiger partial charge in [0.2, 0.25) is 0 Å². The number of hydrogen-bond donors (Lipinski definition) is 3. The first kappa shape index (κ1) is 24.6. The molecule has 3 heterocycles. The van der Waals surface area contributed by atoms with Gasteiger partial charge in [0.05, 0.1) is 30.3 Å². The zero-order valence-electron chi connectivity index (χ0n) is 17.3. The van der Waals surface area contributed by atoms with Crippen molar-refractivity contribution in [3.8, 4) is 0 Å². The number of hydrogen-bond acceptors (Lipinski definition) is 7. The average Bonchev–Trinajstić information content (AvgIpc) is 3.32. The molecule has 11 nitrogen and oxygen atoms in total. The second-order valence-electron chi connectivity index (χ2n) is 7.70. The molecule has 0 amide bonds. The van der Waals surface area contributed by atoms with Crippen molar-refractivity contribution in [1.82, 2.24) is 14.6 Å². The van der Waals surface area contributed by atoms with Crippen LogP contribution < -0.4 is 4.90 Å². The van der Waals surface area contributed by atoms with E-state index in [1.807, 2.05) is 13.0 Å². The van der Waals surface area contributed by atoms with E-state index in [0.29, 0.717) is 17.2 Å². The molecule has 1 fully saturated rings. The Morgan fingerprint density at radius 1 is 1.26 bits per heavy atom. The number of ether oxygens (including phenoxy) is 1. The maximum absolute atomic E-state index is 11.9. The first-order valence-electron chi connectivity index (χ1n) is 9.82. The Bertz CT molecular complexity index is 1010. The fraction of sp³-hybridized carbons (Fsp3) is 0.647. The van der Waals surface area contributed by atoms with E-state index in [1.165, 1.54) is 7.11 Å². The van der Waals surface area contributed by atoms with Crippen LogP contribution in [0, 0.1) is 0 Å². The number of methoxy groups -OCH3 is 1. The first-order valence-corrected chi connectivity index (χ1v) is 13.8. The van der Waals surface area contributed by atoms with Crippen molar-refractivity contribution in [3.05, 3.63) is 23.1 Å². The lowest BCUT2D eigenvalue weighted by atomic mass is 10.0. The minimum atomic E-state index is -4.68. The zero-order valence-corrected chi connectivity index (χ0v) is 19.8. The van der Waals surface area contributed by atoms with Gasteiger partial charge >= 0.3 is 15.2 Å². The van der Waals surface area contributed by atoms with Crippen LogP contribution in [0.3, 0.4) is 0 Å². The van der Waals surface area contributed by atoms with Gasteiger partial charge in [-0.25, -0.2) is 9.50 Å². The maximum Gasteiger partial charge on any atom is 0.340 e. The van der Waals surface area contributed by atoms with E-state index in [-0.39, 0.29) is 12.5 Å². The molecule has 2 aromatic rings.